The van der Waals surface area contributed by atoms with Gasteiger partial charge in [-0.05, 0) is 31.1 Å². The summed E-state index contributed by atoms with van der Waals surface area (Å²) in [6.07, 6.45) is 7.97. The number of rotatable bonds is 7. The van der Waals surface area contributed by atoms with Crippen molar-refractivity contribution in [2.24, 2.45) is 5.41 Å². The molecule has 0 aromatic carbocycles. The van der Waals surface area contributed by atoms with Crippen LogP contribution in [0.25, 0.3) is 0 Å². The molecule has 1 heterocycles. The topological polar surface area (TPSA) is 47.0 Å². The minimum absolute atomic E-state index is 0.476. The minimum atomic E-state index is 0.476. The predicted octanol–water partition coefficient (Wildman–Crippen LogP) is 3.26. The highest BCUT2D eigenvalue weighted by Gasteiger charge is 2.34. The van der Waals surface area contributed by atoms with Gasteiger partial charge in [-0.1, -0.05) is 20.3 Å². The van der Waals surface area contributed by atoms with Crippen LogP contribution >= 0.6 is 0 Å². The summed E-state index contributed by atoms with van der Waals surface area (Å²) in [4.78, 5) is 8.60. The molecular formula is C14H23N3O. The molecule has 1 aromatic heterocycles. The van der Waals surface area contributed by atoms with Gasteiger partial charge in [-0.15, -0.1) is 0 Å². The summed E-state index contributed by atoms with van der Waals surface area (Å²) in [6, 6.07) is 1.81. The molecule has 0 bridgehead atoms. The van der Waals surface area contributed by atoms with Crippen molar-refractivity contribution in [3.63, 3.8) is 0 Å². The molecule has 1 fully saturated rings. The molecule has 18 heavy (non-hydrogen) atoms. The average Bonchev–Trinajstić information content (AvgIpc) is 2.36. The zero-order chi connectivity index (χ0) is 12.8. The Morgan fingerprint density at radius 1 is 1.39 bits per heavy atom. The lowest BCUT2D eigenvalue weighted by Gasteiger charge is -2.41. The highest BCUT2D eigenvalue weighted by molar-refractivity contribution is 5.28. The first kappa shape index (κ1) is 13.1. The van der Waals surface area contributed by atoms with Crippen LogP contribution in [0, 0.1) is 5.41 Å². The second-order valence-corrected chi connectivity index (χ2v) is 5.13. The maximum Gasteiger partial charge on any atom is 0.225 e. The number of aromatic nitrogens is 2. The minimum Gasteiger partial charge on any atom is -0.478 e. The molecule has 1 N–H and O–H groups in total. The SMILES string of the molecule is CCCOc1ccnc(NCC2(CC)CCC2)n1. The number of anilines is 1. The van der Waals surface area contributed by atoms with Gasteiger partial charge in [-0.3, -0.25) is 0 Å². The number of hydrogen-bond acceptors (Lipinski definition) is 4. The van der Waals surface area contributed by atoms with E-state index in [2.05, 4.69) is 29.1 Å². The summed E-state index contributed by atoms with van der Waals surface area (Å²) >= 11 is 0. The van der Waals surface area contributed by atoms with Gasteiger partial charge in [0.25, 0.3) is 0 Å². The smallest absolute Gasteiger partial charge is 0.225 e. The van der Waals surface area contributed by atoms with Crippen LogP contribution in [-0.4, -0.2) is 23.1 Å². The quantitative estimate of drug-likeness (QED) is 0.805. The van der Waals surface area contributed by atoms with E-state index in [4.69, 9.17) is 4.74 Å². The third-order valence-electron chi connectivity index (χ3n) is 3.87. The van der Waals surface area contributed by atoms with Gasteiger partial charge >= 0.3 is 0 Å². The summed E-state index contributed by atoms with van der Waals surface area (Å²) in [7, 11) is 0. The summed E-state index contributed by atoms with van der Waals surface area (Å²) in [5, 5.41) is 3.35. The van der Waals surface area contributed by atoms with Crippen LogP contribution in [0.2, 0.25) is 0 Å². The molecule has 1 aromatic rings. The van der Waals surface area contributed by atoms with Crippen LogP contribution in [0.15, 0.2) is 12.3 Å². The Balaban J connectivity index is 1.88. The molecule has 0 atom stereocenters. The van der Waals surface area contributed by atoms with Crippen molar-refractivity contribution < 1.29 is 4.74 Å². The van der Waals surface area contributed by atoms with Crippen LogP contribution < -0.4 is 10.1 Å². The van der Waals surface area contributed by atoms with E-state index in [9.17, 15) is 0 Å². The monoisotopic (exact) mass is 249 g/mol. The van der Waals surface area contributed by atoms with Gasteiger partial charge in [0.2, 0.25) is 11.8 Å². The summed E-state index contributed by atoms with van der Waals surface area (Å²) in [6.45, 7) is 6.03. The molecule has 0 spiro atoms. The summed E-state index contributed by atoms with van der Waals surface area (Å²) < 4.78 is 5.50. The van der Waals surface area contributed by atoms with Crippen LogP contribution in [-0.2, 0) is 0 Å². The molecule has 1 saturated carbocycles. The highest BCUT2D eigenvalue weighted by Crippen LogP contribution is 2.43. The average molecular weight is 249 g/mol. The van der Waals surface area contributed by atoms with Crippen molar-refractivity contribution in [3.05, 3.63) is 12.3 Å². The molecule has 0 saturated heterocycles. The van der Waals surface area contributed by atoms with Gasteiger partial charge in [0, 0.05) is 18.8 Å². The van der Waals surface area contributed by atoms with E-state index in [0.29, 0.717) is 23.9 Å². The molecule has 1 aliphatic carbocycles. The second kappa shape index (κ2) is 6.03. The Hall–Kier alpha value is -1.32. The zero-order valence-electron chi connectivity index (χ0n) is 11.4. The second-order valence-electron chi connectivity index (χ2n) is 5.13. The van der Waals surface area contributed by atoms with Crippen molar-refractivity contribution in [2.75, 3.05) is 18.5 Å². The van der Waals surface area contributed by atoms with Crippen LogP contribution in [0.5, 0.6) is 5.88 Å². The lowest BCUT2D eigenvalue weighted by Crippen LogP contribution is -2.36. The van der Waals surface area contributed by atoms with Gasteiger partial charge in [0.05, 0.1) is 6.61 Å². The van der Waals surface area contributed by atoms with E-state index in [1.807, 2.05) is 0 Å². The van der Waals surface area contributed by atoms with Crippen molar-refractivity contribution >= 4 is 5.95 Å². The lowest BCUT2D eigenvalue weighted by atomic mass is 9.67. The Morgan fingerprint density at radius 3 is 2.83 bits per heavy atom. The fraction of sp³-hybridized carbons (Fsp3) is 0.714. The third-order valence-corrected chi connectivity index (χ3v) is 3.87. The fourth-order valence-corrected chi connectivity index (χ4v) is 2.31. The highest BCUT2D eigenvalue weighted by atomic mass is 16.5. The Morgan fingerprint density at radius 2 is 2.22 bits per heavy atom. The van der Waals surface area contributed by atoms with Gasteiger partial charge in [0.15, 0.2) is 0 Å². The van der Waals surface area contributed by atoms with Gasteiger partial charge in [-0.25, -0.2) is 4.98 Å². The van der Waals surface area contributed by atoms with E-state index >= 15 is 0 Å². The van der Waals surface area contributed by atoms with Crippen molar-refractivity contribution in [2.45, 2.75) is 46.0 Å². The van der Waals surface area contributed by atoms with Gasteiger partial charge in [-0.2, -0.15) is 4.98 Å². The van der Waals surface area contributed by atoms with Crippen LogP contribution in [0.4, 0.5) is 5.95 Å². The molecule has 0 radical (unpaired) electrons. The van der Waals surface area contributed by atoms with Crippen molar-refractivity contribution in [3.8, 4) is 5.88 Å². The van der Waals surface area contributed by atoms with Crippen LogP contribution in [0.1, 0.15) is 46.0 Å². The molecule has 0 amide bonds. The van der Waals surface area contributed by atoms with Gasteiger partial charge < -0.3 is 10.1 Å². The largest absolute Gasteiger partial charge is 0.478 e. The molecule has 4 nitrogen and oxygen atoms in total. The van der Waals surface area contributed by atoms with E-state index in [1.54, 1.807) is 12.3 Å². The Labute approximate surface area is 109 Å². The molecule has 2 rings (SSSR count). The molecule has 4 heteroatoms. The molecule has 0 aliphatic heterocycles. The number of ether oxygens (including phenoxy) is 1. The first-order valence-electron chi connectivity index (χ1n) is 6.98. The molecule has 100 valence electrons. The van der Waals surface area contributed by atoms with Crippen LogP contribution in [0.3, 0.4) is 0 Å². The Bertz CT molecular complexity index is 372. The first-order chi connectivity index (χ1) is 8.78. The number of hydrogen-bond donors (Lipinski definition) is 1. The molecular weight excluding hydrogens is 226 g/mol. The predicted molar refractivity (Wildman–Crippen MR) is 72.9 cm³/mol. The normalized spacial score (nSPS) is 17.0. The van der Waals surface area contributed by atoms with E-state index in [1.165, 1.54) is 25.7 Å². The summed E-state index contributed by atoms with van der Waals surface area (Å²) in [5.74, 6) is 1.34. The summed E-state index contributed by atoms with van der Waals surface area (Å²) in [5.41, 5.74) is 0.476. The van der Waals surface area contributed by atoms with Crippen molar-refractivity contribution in [1.82, 2.24) is 9.97 Å². The van der Waals surface area contributed by atoms with Crippen molar-refractivity contribution in [1.29, 1.82) is 0 Å². The van der Waals surface area contributed by atoms with E-state index < -0.39 is 0 Å². The lowest BCUT2D eigenvalue weighted by molar-refractivity contribution is 0.144. The molecule has 0 unspecified atom stereocenters. The number of nitrogens with one attached hydrogen (secondary N) is 1. The fourth-order valence-electron chi connectivity index (χ4n) is 2.31. The zero-order valence-corrected chi connectivity index (χ0v) is 11.4. The Kier molecular flexibility index (Phi) is 4.39. The maximum absolute atomic E-state index is 5.50. The third kappa shape index (κ3) is 3.12. The number of nitrogens with zero attached hydrogens (tertiary/aromatic N) is 2. The van der Waals surface area contributed by atoms with E-state index in [-0.39, 0.29) is 0 Å². The standard InChI is InChI=1S/C14H23N3O/c1-3-10-18-12-6-9-15-13(17-12)16-11-14(4-2)7-5-8-14/h6,9H,3-5,7-8,10-11H2,1-2H3,(H,15,16,17). The maximum atomic E-state index is 5.50. The molecule has 1 aliphatic rings. The van der Waals surface area contributed by atoms with E-state index in [0.717, 1.165) is 13.0 Å². The van der Waals surface area contributed by atoms with Gasteiger partial charge in [0.1, 0.15) is 0 Å². The first-order valence-corrected chi connectivity index (χ1v) is 6.98.